The number of hydrogen-bond acceptors (Lipinski definition) is 4. The second kappa shape index (κ2) is 5.24. The third-order valence-corrected chi connectivity index (χ3v) is 3.16. The predicted octanol–water partition coefficient (Wildman–Crippen LogP) is 1.94. The van der Waals surface area contributed by atoms with Gasteiger partial charge in [-0.3, -0.25) is 14.8 Å². The first-order valence-corrected chi connectivity index (χ1v) is 6.01. The molecule has 3 N–H and O–H groups in total. The maximum absolute atomic E-state index is 11.8. The fourth-order valence-corrected chi connectivity index (χ4v) is 1.82. The van der Waals surface area contributed by atoms with Gasteiger partial charge in [-0.25, -0.2) is 0 Å². The van der Waals surface area contributed by atoms with Crippen molar-refractivity contribution in [2.24, 2.45) is 5.73 Å². The Morgan fingerprint density at radius 3 is 2.68 bits per heavy atom. The number of primary amides is 1. The molecule has 5 nitrogen and oxygen atoms in total. The van der Waals surface area contributed by atoms with Crippen molar-refractivity contribution in [3.63, 3.8) is 0 Å². The Kier molecular flexibility index (Phi) is 3.66. The summed E-state index contributed by atoms with van der Waals surface area (Å²) in [5.74, 6) is -0.562. The lowest BCUT2D eigenvalue weighted by atomic mass is 9.96. The Balaban J connectivity index is 2.42. The number of rotatable bonds is 4. The zero-order chi connectivity index (χ0) is 13.9. The second-order valence-corrected chi connectivity index (χ2v) is 4.59. The molecule has 0 radical (unpaired) electrons. The molecule has 0 aliphatic carbocycles. The largest absolute Gasteiger partial charge is 0.367 e. The van der Waals surface area contributed by atoms with E-state index in [2.05, 4.69) is 15.3 Å². The number of halogens is 1. The molecule has 2 aromatic rings. The highest BCUT2D eigenvalue weighted by Gasteiger charge is 2.35. The highest BCUT2D eigenvalue weighted by atomic mass is 35.5. The predicted molar refractivity (Wildman–Crippen MR) is 73.7 cm³/mol. The zero-order valence-electron chi connectivity index (χ0n) is 10.3. The molecule has 0 aliphatic heterocycles. The molecule has 1 aromatic heterocycles. The Labute approximate surface area is 115 Å². The fraction of sp³-hybridized carbons (Fsp3) is 0.154. The standard InChI is InChI=1S/C13H13ClN4O/c1-13(12(15)19,11-8-16-6-7-17-11)18-10-5-3-2-4-9(10)14/h2-8,18H,1H3,(H2,15,19). The van der Waals surface area contributed by atoms with E-state index in [1.165, 1.54) is 18.6 Å². The van der Waals surface area contributed by atoms with Crippen LogP contribution in [0, 0.1) is 0 Å². The first kappa shape index (κ1) is 13.3. The molecule has 6 heteroatoms. The van der Waals surface area contributed by atoms with E-state index >= 15 is 0 Å². The average molecular weight is 277 g/mol. The highest BCUT2D eigenvalue weighted by Crippen LogP contribution is 2.28. The van der Waals surface area contributed by atoms with E-state index in [1.54, 1.807) is 25.1 Å². The number of carbonyl (C=O) groups excluding carboxylic acids is 1. The normalized spacial score (nSPS) is 13.6. The lowest BCUT2D eigenvalue weighted by Gasteiger charge is -2.28. The van der Waals surface area contributed by atoms with Gasteiger partial charge < -0.3 is 11.1 Å². The summed E-state index contributed by atoms with van der Waals surface area (Å²) in [5.41, 5.74) is 5.35. The molecule has 1 atom stereocenters. The van der Waals surface area contributed by atoms with Crippen LogP contribution in [-0.2, 0) is 10.3 Å². The van der Waals surface area contributed by atoms with Crippen LogP contribution in [0.15, 0.2) is 42.9 Å². The maximum atomic E-state index is 11.8. The number of amides is 1. The lowest BCUT2D eigenvalue weighted by Crippen LogP contribution is -2.46. The first-order valence-electron chi connectivity index (χ1n) is 5.63. The van der Waals surface area contributed by atoms with Crippen molar-refractivity contribution in [2.45, 2.75) is 12.5 Å². The van der Waals surface area contributed by atoms with Crippen molar-refractivity contribution in [1.82, 2.24) is 9.97 Å². The number of para-hydroxylation sites is 1. The molecule has 1 unspecified atom stereocenters. The molecule has 98 valence electrons. The van der Waals surface area contributed by atoms with Crippen LogP contribution in [0.25, 0.3) is 0 Å². The van der Waals surface area contributed by atoms with Gasteiger partial charge in [-0.05, 0) is 19.1 Å². The van der Waals surface area contributed by atoms with E-state index in [4.69, 9.17) is 17.3 Å². The van der Waals surface area contributed by atoms with Gasteiger partial charge in [0.2, 0.25) is 5.91 Å². The Morgan fingerprint density at radius 1 is 1.37 bits per heavy atom. The summed E-state index contributed by atoms with van der Waals surface area (Å²) in [7, 11) is 0. The van der Waals surface area contributed by atoms with Gasteiger partial charge >= 0.3 is 0 Å². The van der Waals surface area contributed by atoms with E-state index in [0.717, 1.165) is 0 Å². The summed E-state index contributed by atoms with van der Waals surface area (Å²) < 4.78 is 0. The van der Waals surface area contributed by atoms with Gasteiger partial charge in [-0.15, -0.1) is 0 Å². The molecule has 1 aromatic carbocycles. The van der Waals surface area contributed by atoms with Crippen molar-refractivity contribution in [2.75, 3.05) is 5.32 Å². The molecule has 0 spiro atoms. The van der Waals surface area contributed by atoms with Crippen molar-refractivity contribution in [1.29, 1.82) is 0 Å². The molecule has 1 amide bonds. The highest BCUT2D eigenvalue weighted by molar-refractivity contribution is 6.33. The number of hydrogen-bond donors (Lipinski definition) is 2. The second-order valence-electron chi connectivity index (χ2n) is 4.18. The molecule has 0 fully saturated rings. The van der Waals surface area contributed by atoms with E-state index in [1.807, 2.05) is 6.07 Å². The number of nitrogens with zero attached hydrogens (tertiary/aromatic N) is 2. The van der Waals surface area contributed by atoms with Crippen molar-refractivity contribution < 1.29 is 4.79 Å². The number of nitrogens with one attached hydrogen (secondary N) is 1. The van der Waals surface area contributed by atoms with Gasteiger partial charge in [-0.1, -0.05) is 23.7 Å². The minimum atomic E-state index is -1.18. The van der Waals surface area contributed by atoms with Crippen LogP contribution >= 0.6 is 11.6 Å². The summed E-state index contributed by atoms with van der Waals surface area (Å²) in [6.07, 6.45) is 4.53. The van der Waals surface area contributed by atoms with E-state index < -0.39 is 11.4 Å². The molecule has 2 rings (SSSR count). The number of carbonyl (C=O) groups is 1. The lowest BCUT2D eigenvalue weighted by molar-refractivity contribution is -0.122. The van der Waals surface area contributed by atoms with Crippen LogP contribution in [0.4, 0.5) is 5.69 Å². The van der Waals surface area contributed by atoms with Crippen LogP contribution in [0.1, 0.15) is 12.6 Å². The minimum Gasteiger partial charge on any atom is -0.367 e. The number of benzene rings is 1. The first-order chi connectivity index (χ1) is 9.04. The van der Waals surface area contributed by atoms with Gasteiger partial charge in [0.15, 0.2) is 5.54 Å². The van der Waals surface area contributed by atoms with Gasteiger partial charge in [0.05, 0.1) is 22.6 Å². The summed E-state index contributed by atoms with van der Waals surface area (Å²) >= 11 is 6.07. The van der Waals surface area contributed by atoms with Crippen molar-refractivity contribution in [3.8, 4) is 0 Å². The van der Waals surface area contributed by atoms with Crippen molar-refractivity contribution in [3.05, 3.63) is 53.6 Å². The van der Waals surface area contributed by atoms with Crippen LogP contribution < -0.4 is 11.1 Å². The summed E-state index contributed by atoms with van der Waals surface area (Å²) in [6, 6.07) is 7.10. The molecular formula is C13H13ClN4O. The zero-order valence-corrected chi connectivity index (χ0v) is 11.1. The smallest absolute Gasteiger partial charge is 0.249 e. The maximum Gasteiger partial charge on any atom is 0.249 e. The van der Waals surface area contributed by atoms with E-state index in [-0.39, 0.29) is 0 Å². The molecule has 0 saturated carbocycles. The summed E-state index contributed by atoms with van der Waals surface area (Å²) in [6.45, 7) is 1.64. The fourth-order valence-electron chi connectivity index (χ4n) is 1.64. The molecule has 0 aliphatic rings. The Morgan fingerprint density at radius 2 is 2.11 bits per heavy atom. The minimum absolute atomic E-state index is 0.433. The SMILES string of the molecule is CC(Nc1ccccc1Cl)(C(N)=O)c1cnccn1. The molecule has 1 heterocycles. The average Bonchev–Trinajstić information content (AvgIpc) is 2.42. The number of aromatic nitrogens is 2. The van der Waals surface area contributed by atoms with Gasteiger partial charge in [0.1, 0.15) is 0 Å². The number of anilines is 1. The number of nitrogens with two attached hydrogens (primary N) is 1. The van der Waals surface area contributed by atoms with Crippen LogP contribution in [0.3, 0.4) is 0 Å². The Bertz CT molecular complexity index is 590. The topological polar surface area (TPSA) is 80.9 Å². The summed E-state index contributed by atoms with van der Waals surface area (Å²) in [5, 5.41) is 3.53. The van der Waals surface area contributed by atoms with Gasteiger partial charge in [0.25, 0.3) is 0 Å². The molecule has 19 heavy (non-hydrogen) atoms. The van der Waals surface area contributed by atoms with Gasteiger partial charge in [-0.2, -0.15) is 0 Å². The summed E-state index contributed by atoms with van der Waals surface area (Å²) in [4.78, 5) is 19.9. The Hall–Kier alpha value is -2.14. The third-order valence-electron chi connectivity index (χ3n) is 2.83. The van der Waals surface area contributed by atoms with E-state index in [9.17, 15) is 4.79 Å². The quantitative estimate of drug-likeness (QED) is 0.894. The van der Waals surface area contributed by atoms with Crippen LogP contribution in [0.5, 0.6) is 0 Å². The van der Waals surface area contributed by atoms with Crippen molar-refractivity contribution >= 4 is 23.2 Å². The van der Waals surface area contributed by atoms with Crippen LogP contribution in [-0.4, -0.2) is 15.9 Å². The third kappa shape index (κ3) is 2.66. The molecular weight excluding hydrogens is 264 g/mol. The van der Waals surface area contributed by atoms with Crippen LogP contribution in [0.2, 0.25) is 5.02 Å². The van der Waals surface area contributed by atoms with Gasteiger partial charge in [0, 0.05) is 12.4 Å². The molecule has 0 saturated heterocycles. The monoisotopic (exact) mass is 276 g/mol. The van der Waals surface area contributed by atoms with E-state index in [0.29, 0.717) is 16.4 Å². The molecule has 0 bridgehead atoms.